The first kappa shape index (κ1) is 15.4. The average Bonchev–Trinajstić information content (AvgIpc) is 2.34. The van der Waals surface area contributed by atoms with Crippen LogP contribution >= 0.6 is 0 Å². The molecule has 1 fully saturated rings. The van der Waals surface area contributed by atoms with Crippen molar-refractivity contribution in [1.29, 1.82) is 0 Å². The van der Waals surface area contributed by atoms with Crippen molar-refractivity contribution in [2.45, 2.75) is 58.6 Å². The Labute approximate surface area is 111 Å². The summed E-state index contributed by atoms with van der Waals surface area (Å²) in [6.45, 7) is 7.70. The Morgan fingerprint density at radius 1 is 1.22 bits per heavy atom. The monoisotopic (exact) mass is 256 g/mol. The summed E-state index contributed by atoms with van der Waals surface area (Å²) in [5.74, 6) is 1.18. The van der Waals surface area contributed by atoms with E-state index in [-0.39, 0.29) is 18.1 Å². The molecule has 0 saturated heterocycles. The SMILES string of the molecule is CC(C)CNC(=O)C(C)NCC1CCC(O)CC1. The molecule has 1 atom stereocenters. The summed E-state index contributed by atoms with van der Waals surface area (Å²) in [5, 5.41) is 15.7. The molecule has 1 aliphatic carbocycles. The van der Waals surface area contributed by atoms with Gasteiger partial charge in [0.25, 0.3) is 0 Å². The second-order valence-corrected chi connectivity index (χ2v) is 5.94. The van der Waals surface area contributed by atoms with E-state index in [0.717, 1.165) is 38.8 Å². The second kappa shape index (κ2) is 7.74. The van der Waals surface area contributed by atoms with E-state index in [2.05, 4.69) is 24.5 Å². The summed E-state index contributed by atoms with van der Waals surface area (Å²) in [6.07, 6.45) is 3.83. The fourth-order valence-electron chi connectivity index (χ4n) is 2.24. The summed E-state index contributed by atoms with van der Waals surface area (Å²) in [7, 11) is 0. The molecule has 3 N–H and O–H groups in total. The summed E-state index contributed by atoms with van der Waals surface area (Å²) in [5.41, 5.74) is 0. The highest BCUT2D eigenvalue weighted by Crippen LogP contribution is 2.23. The minimum absolute atomic E-state index is 0.0829. The Hall–Kier alpha value is -0.610. The third kappa shape index (κ3) is 5.83. The Morgan fingerprint density at radius 3 is 2.39 bits per heavy atom. The van der Waals surface area contributed by atoms with Crippen LogP contribution in [0.5, 0.6) is 0 Å². The van der Waals surface area contributed by atoms with Crippen LogP contribution in [0.4, 0.5) is 0 Å². The van der Waals surface area contributed by atoms with Crippen LogP contribution in [0.15, 0.2) is 0 Å². The number of rotatable bonds is 6. The first-order chi connectivity index (χ1) is 8.49. The van der Waals surface area contributed by atoms with Crippen molar-refractivity contribution in [3.63, 3.8) is 0 Å². The normalized spacial score (nSPS) is 26.1. The molecule has 0 spiro atoms. The summed E-state index contributed by atoms with van der Waals surface area (Å²) in [6, 6.07) is -0.129. The Balaban J connectivity index is 2.15. The van der Waals surface area contributed by atoms with E-state index in [1.165, 1.54) is 0 Å². The molecular formula is C14H28N2O2. The number of carbonyl (C=O) groups excluding carboxylic acids is 1. The molecule has 0 bridgehead atoms. The van der Waals surface area contributed by atoms with Gasteiger partial charge < -0.3 is 15.7 Å². The highest BCUT2D eigenvalue weighted by atomic mass is 16.3. The zero-order valence-corrected chi connectivity index (χ0v) is 11.9. The number of hydrogen-bond donors (Lipinski definition) is 3. The van der Waals surface area contributed by atoms with Gasteiger partial charge in [0.2, 0.25) is 5.91 Å². The Kier molecular flexibility index (Phi) is 6.65. The van der Waals surface area contributed by atoms with Crippen molar-refractivity contribution < 1.29 is 9.90 Å². The number of carbonyl (C=O) groups is 1. The van der Waals surface area contributed by atoms with E-state index in [1.807, 2.05) is 6.92 Å². The molecule has 4 heteroatoms. The quantitative estimate of drug-likeness (QED) is 0.671. The lowest BCUT2D eigenvalue weighted by atomic mass is 9.87. The van der Waals surface area contributed by atoms with E-state index < -0.39 is 0 Å². The lowest BCUT2D eigenvalue weighted by Gasteiger charge is -2.26. The van der Waals surface area contributed by atoms with Crippen molar-refractivity contribution in [3.8, 4) is 0 Å². The van der Waals surface area contributed by atoms with E-state index in [9.17, 15) is 9.90 Å². The summed E-state index contributed by atoms with van der Waals surface area (Å²) >= 11 is 0. The van der Waals surface area contributed by atoms with Gasteiger partial charge in [-0.1, -0.05) is 13.8 Å². The number of aliphatic hydroxyl groups excluding tert-OH is 1. The minimum atomic E-state index is -0.129. The topological polar surface area (TPSA) is 61.4 Å². The number of nitrogens with one attached hydrogen (secondary N) is 2. The van der Waals surface area contributed by atoms with Crippen LogP contribution < -0.4 is 10.6 Å². The number of amides is 1. The van der Waals surface area contributed by atoms with Gasteiger partial charge in [-0.3, -0.25) is 4.79 Å². The van der Waals surface area contributed by atoms with Crippen molar-refractivity contribution in [2.75, 3.05) is 13.1 Å². The van der Waals surface area contributed by atoms with Gasteiger partial charge in [-0.25, -0.2) is 0 Å². The third-order valence-corrected chi connectivity index (χ3v) is 3.61. The van der Waals surface area contributed by atoms with Crippen molar-refractivity contribution in [3.05, 3.63) is 0 Å². The van der Waals surface area contributed by atoms with Gasteiger partial charge in [0.15, 0.2) is 0 Å². The van der Waals surface area contributed by atoms with E-state index in [1.54, 1.807) is 0 Å². The van der Waals surface area contributed by atoms with Crippen molar-refractivity contribution in [2.24, 2.45) is 11.8 Å². The molecule has 1 amide bonds. The molecular weight excluding hydrogens is 228 g/mol. The largest absolute Gasteiger partial charge is 0.393 e. The van der Waals surface area contributed by atoms with Gasteiger partial charge in [0.05, 0.1) is 12.1 Å². The smallest absolute Gasteiger partial charge is 0.236 e. The zero-order chi connectivity index (χ0) is 13.5. The first-order valence-electron chi connectivity index (χ1n) is 7.18. The van der Waals surface area contributed by atoms with Crippen LogP contribution in [0.2, 0.25) is 0 Å². The molecule has 0 heterocycles. The molecule has 1 rings (SSSR count). The van der Waals surface area contributed by atoms with E-state index in [0.29, 0.717) is 11.8 Å². The van der Waals surface area contributed by atoms with Gasteiger partial charge in [-0.05, 0) is 51.0 Å². The maximum Gasteiger partial charge on any atom is 0.236 e. The molecule has 4 nitrogen and oxygen atoms in total. The third-order valence-electron chi connectivity index (χ3n) is 3.61. The molecule has 1 aliphatic rings. The van der Waals surface area contributed by atoms with Gasteiger partial charge >= 0.3 is 0 Å². The van der Waals surface area contributed by atoms with E-state index in [4.69, 9.17) is 0 Å². The second-order valence-electron chi connectivity index (χ2n) is 5.94. The van der Waals surface area contributed by atoms with Gasteiger partial charge in [0.1, 0.15) is 0 Å². The first-order valence-corrected chi connectivity index (χ1v) is 7.18. The van der Waals surface area contributed by atoms with Crippen molar-refractivity contribution >= 4 is 5.91 Å². The molecule has 1 saturated carbocycles. The van der Waals surface area contributed by atoms with Gasteiger partial charge in [-0.2, -0.15) is 0 Å². The van der Waals surface area contributed by atoms with Crippen LogP contribution in [0.1, 0.15) is 46.5 Å². The maximum absolute atomic E-state index is 11.8. The molecule has 106 valence electrons. The van der Waals surface area contributed by atoms with Crippen LogP contribution in [-0.4, -0.2) is 36.2 Å². The Morgan fingerprint density at radius 2 is 1.83 bits per heavy atom. The minimum Gasteiger partial charge on any atom is -0.393 e. The molecule has 0 aliphatic heterocycles. The predicted octanol–water partition coefficient (Wildman–Crippen LogP) is 1.29. The zero-order valence-electron chi connectivity index (χ0n) is 11.9. The molecule has 0 aromatic rings. The maximum atomic E-state index is 11.8. The predicted molar refractivity (Wildman–Crippen MR) is 73.3 cm³/mol. The molecule has 18 heavy (non-hydrogen) atoms. The molecule has 0 aromatic heterocycles. The van der Waals surface area contributed by atoms with Gasteiger partial charge in [0, 0.05) is 6.54 Å². The lowest BCUT2D eigenvalue weighted by molar-refractivity contribution is -0.122. The standard InChI is InChI=1S/C14H28N2O2/c1-10(2)8-16-14(18)11(3)15-9-12-4-6-13(17)7-5-12/h10-13,15,17H,4-9H2,1-3H3,(H,16,18). The fourth-order valence-corrected chi connectivity index (χ4v) is 2.24. The van der Waals surface area contributed by atoms with E-state index >= 15 is 0 Å². The van der Waals surface area contributed by atoms with Crippen molar-refractivity contribution in [1.82, 2.24) is 10.6 Å². The molecule has 0 aromatic carbocycles. The summed E-state index contributed by atoms with van der Waals surface area (Å²) in [4.78, 5) is 11.8. The number of aliphatic hydroxyl groups is 1. The van der Waals surface area contributed by atoms with Crippen LogP contribution in [0.25, 0.3) is 0 Å². The Bertz CT molecular complexity index is 248. The molecule has 0 radical (unpaired) electrons. The highest BCUT2D eigenvalue weighted by Gasteiger charge is 2.20. The van der Waals surface area contributed by atoms with Crippen LogP contribution in [-0.2, 0) is 4.79 Å². The lowest BCUT2D eigenvalue weighted by Crippen LogP contribution is -2.45. The summed E-state index contributed by atoms with van der Waals surface area (Å²) < 4.78 is 0. The van der Waals surface area contributed by atoms with Crippen LogP contribution in [0.3, 0.4) is 0 Å². The number of hydrogen-bond acceptors (Lipinski definition) is 3. The highest BCUT2D eigenvalue weighted by molar-refractivity contribution is 5.81. The fraction of sp³-hybridized carbons (Fsp3) is 0.929. The van der Waals surface area contributed by atoms with Gasteiger partial charge in [-0.15, -0.1) is 0 Å². The molecule has 1 unspecified atom stereocenters. The van der Waals surface area contributed by atoms with Crippen LogP contribution in [0, 0.1) is 11.8 Å². The average molecular weight is 256 g/mol.